The number of hydrogen-bond acceptors (Lipinski definition) is 3. The lowest BCUT2D eigenvalue weighted by atomic mass is 10.1. The van der Waals surface area contributed by atoms with Crippen LogP contribution in [0.4, 0.5) is 0 Å². The number of ether oxygens (including phenoxy) is 1. The number of nitrogens with one attached hydrogen (secondary N) is 1. The van der Waals surface area contributed by atoms with Crippen LogP contribution < -0.4 is 5.32 Å². The van der Waals surface area contributed by atoms with Gasteiger partial charge in [0.15, 0.2) is 0 Å². The number of benzene rings is 2. The van der Waals surface area contributed by atoms with E-state index in [4.69, 9.17) is 4.74 Å². The van der Waals surface area contributed by atoms with Crippen LogP contribution in [0, 0.1) is 13.8 Å². The zero-order chi connectivity index (χ0) is 18.5. The van der Waals surface area contributed by atoms with E-state index in [1.54, 1.807) is 7.11 Å². The van der Waals surface area contributed by atoms with Crippen molar-refractivity contribution in [3.8, 4) is 5.69 Å². The van der Waals surface area contributed by atoms with Gasteiger partial charge in [-0.2, -0.15) is 5.10 Å². The first-order valence-corrected chi connectivity index (χ1v) is 8.55. The Labute approximate surface area is 153 Å². The molecule has 0 bridgehead atoms. The van der Waals surface area contributed by atoms with Gasteiger partial charge in [0.25, 0.3) is 5.91 Å². The van der Waals surface area contributed by atoms with Gasteiger partial charge >= 0.3 is 0 Å². The van der Waals surface area contributed by atoms with Crippen molar-refractivity contribution in [1.29, 1.82) is 0 Å². The molecular weight excluding hydrogens is 326 g/mol. The van der Waals surface area contributed by atoms with Gasteiger partial charge in [-0.1, -0.05) is 24.3 Å². The lowest BCUT2D eigenvalue weighted by molar-refractivity contribution is 0.0951. The van der Waals surface area contributed by atoms with Crippen LogP contribution in [-0.4, -0.2) is 22.8 Å². The smallest absolute Gasteiger partial charge is 0.251 e. The van der Waals surface area contributed by atoms with E-state index in [1.807, 2.05) is 73.1 Å². The molecule has 0 spiro atoms. The molecule has 1 heterocycles. The third-order valence-electron chi connectivity index (χ3n) is 4.14. The van der Waals surface area contributed by atoms with E-state index in [0.717, 1.165) is 28.2 Å². The van der Waals surface area contributed by atoms with E-state index in [9.17, 15) is 4.79 Å². The second-order valence-electron chi connectivity index (χ2n) is 6.32. The standard InChI is InChI=1S/C21H23N3O2/c1-15-11-16(2)24(23-15)20-9-7-19(8-10-20)21(25)22-13-17-5-4-6-18(12-17)14-26-3/h4-12H,13-14H2,1-3H3,(H,22,25). The Morgan fingerprint density at radius 2 is 1.81 bits per heavy atom. The molecule has 0 saturated carbocycles. The molecule has 1 amide bonds. The minimum atomic E-state index is -0.0953. The van der Waals surface area contributed by atoms with Crippen LogP contribution in [0.25, 0.3) is 5.69 Å². The first kappa shape index (κ1) is 17.9. The van der Waals surface area contributed by atoms with Crippen molar-refractivity contribution in [2.24, 2.45) is 0 Å². The topological polar surface area (TPSA) is 56.1 Å². The first-order chi connectivity index (χ1) is 12.6. The maximum atomic E-state index is 12.4. The summed E-state index contributed by atoms with van der Waals surface area (Å²) in [5.41, 5.74) is 5.75. The molecule has 0 aliphatic rings. The highest BCUT2D eigenvalue weighted by atomic mass is 16.5. The summed E-state index contributed by atoms with van der Waals surface area (Å²) in [4.78, 5) is 12.4. The van der Waals surface area contributed by atoms with Gasteiger partial charge < -0.3 is 10.1 Å². The molecule has 3 rings (SSSR count). The molecular formula is C21H23N3O2. The summed E-state index contributed by atoms with van der Waals surface area (Å²) in [6.07, 6.45) is 0. The third kappa shape index (κ3) is 4.18. The fraction of sp³-hybridized carbons (Fsp3) is 0.238. The summed E-state index contributed by atoms with van der Waals surface area (Å²) in [5.74, 6) is -0.0953. The van der Waals surface area contributed by atoms with E-state index in [1.165, 1.54) is 0 Å². The fourth-order valence-corrected chi connectivity index (χ4v) is 2.92. The van der Waals surface area contributed by atoms with Gasteiger partial charge in [-0.25, -0.2) is 4.68 Å². The van der Waals surface area contributed by atoms with Gasteiger partial charge in [0, 0.05) is 24.9 Å². The highest BCUT2D eigenvalue weighted by molar-refractivity contribution is 5.94. The number of aryl methyl sites for hydroxylation is 2. The number of hydrogen-bond donors (Lipinski definition) is 1. The molecule has 134 valence electrons. The second-order valence-corrected chi connectivity index (χ2v) is 6.32. The largest absolute Gasteiger partial charge is 0.380 e. The van der Waals surface area contributed by atoms with Crippen LogP contribution in [0.1, 0.15) is 32.9 Å². The minimum Gasteiger partial charge on any atom is -0.380 e. The molecule has 5 heteroatoms. The highest BCUT2D eigenvalue weighted by Crippen LogP contribution is 2.13. The van der Waals surface area contributed by atoms with Gasteiger partial charge in [0.1, 0.15) is 0 Å². The number of carbonyl (C=O) groups is 1. The molecule has 1 aromatic heterocycles. The molecule has 0 atom stereocenters. The van der Waals surface area contributed by atoms with E-state index < -0.39 is 0 Å². The Balaban J connectivity index is 1.65. The van der Waals surface area contributed by atoms with Crippen molar-refractivity contribution in [3.63, 3.8) is 0 Å². The molecule has 0 saturated heterocycles. The van der Waals surface area contributed by atoms with Crippen LogP contribution in [0.15, 0.2) is 54.6 Å². The third-order valence-corrected chi connectivity index (χ3v) is 4.14. The molecule has 26 heavy (non-hydrogen) atoms. The Morgan fingerprint density at radius 3 is 2.46 bits per heavy atom. The van der Waals surface area contributed by atoms with Crippen molar-refractivity contribution in [1.82, 2.24) is 15.1 Å². The molecule has 0 aliphatic heterocycles. The summed E-state index contributed by atoms with van der Waals surface area (Å²) in [7, 11) is 1.67. The number of aromatic nitrogens is 2. The van der Waals surface area contributed by atoms with Crippen molar-refractivity contribution in [3.05, 3.63) is 82.7 Å². The zero-order valence-electron chi connectivity index (χ0n) is 15.3. The Morgan fingerprint density at radius 1 is 1.08 bits per heavy atom. The van der Waals surface area contributed by atoms with Gasteiger partial charge in [0.05, 0.1) is 18.0 Å². The van der Waals surface area contributed by atoms with E-state index in [0.29, 0.717) is 18.7 Å². The van der Waals surface area contributed by atoms with E-state index in [2.05, 4.69) is 10.4 Å². The summed E-state index contributed by atoms with van der Waals surface area (Å²) in [6, 6.07) is 17.5. The number of amides is 1. The normalized spacial score (nSPS) is 10.7. The summed E-state index contributed by atoms with van der Waals surface area (Å²) in [5, 5.41) is 7.42. The SMILES string of the molecule is COCc1cccc(CNC(=O)c2ccc(-n3nc(C)cc3C)cc2)c1. The predicted molar refractivity (Wildman–Crippen MR) is 101 cm³/mol. The quantitative estimate of drug-likeness (QED) is 0.740. The number of carbonyl (C=O) groups excluding carboxylic acids is 1. The van der Waals surface area contributed by atoms with Crippen LogP contribution >= 0.6 is 0 Å². The summed E-state index contributed by atoms with van der Waals surface area (Å²) >= 11 is 0. The summed E-state index contributed by atoms with van der Waals surface area (Å²) < 4.78 is 7.01. The number of methoxy groups -OCH3 is 1. The number of rotatable bonds is 6. The summed E-state index contributed by atoms with van der Waals surface area (Å²) in [6.45, 7) is 5.02. The van der Waals surface area contributed by atoms with Gasteiger partial charge in [-0.15, -0.1) is 0 Å². The van der Waals surface area contributed by atoms with Crippen molar-refractivity contribution < 1.29 is 9.53 Å². The van der Waals surface area contributed by atoms with Crippen LogP contribution in [0.3, 0.4) is 0 Å². The number of nitrogens with zero attached hydrogens (tertiary/aromatic N) is 2. The minimum absolute atomic E-state index is 0.0953. The van der Waals surface area contributed by atoms with Crippen LogP contribution in [0.5, 0.6) is 0 Å². The van der Waals surface area contributed by atoms with Crippen LogP contribution in [-0.2, 0) is 17.9 Å². The molecule has 3 aromatic rings. The maximum absolute atomic E-state index is 12.4. The molecule has 5 nitrogen and oxygen atoms in total. The molecule has 0 aliphatic carbocycles. The average Bonchev–Trinajstić information content (AvgIpc) is 2.99. The van der Waals surface area contributed by atoms with E-state index >= 15 is 0 Å². The first-order valence-electron chi connectivity index (χ1n) is 8.55. The van der Waals surface area contributed by atoms with Crippen molar-refractivity contribution >= 4 is 5.91 Å². The zero-order valence-corrected chi connectivity index (χ0v) is 15.3. The van der Waals surface area contributed by atoms with Crippen LogP contribution in [0.2, 0.25) is 0 Å². The van der Waals surface area contributed by atoms with Gasteiger partial charge in [0.2, 0.25) is 0 Å². The second kappa shape index (κ2) is 7.97. The van der Waals surface area contributed by atoms with Gasteiger partial charge in [-0.05, 0) is 55.3 Å². The molecule has 1 N–H and O–H groups in total. The lowest BCUT2D eigenvalue weighted by Crippen LogP contribution is -2.22. The molecule has 0 unspecified atom stereocenters. The Bertz CT molecular complexity index is 898. The Hall–Kier alpha value is -2.92. The Kier molecular flexibility index (Phi) is 5.49. The molecule has 0 radical (unpaired) electrons. The average molecular weight is 349 g/mol. The highest BCUT2D eigenvalue weighted by Gasteiger charge is 2.08. The van der Waals surface area contributed by atoms with E-state index in [-0.39, 0.29) is 5.91 Å². The predicted octanol–water partition coefficient (Wildman–Crippen LogP) is 3.57. The maximum Gasteiger partial charge on any atom is 0.251 e. The molecule has 2 aromatic carbocycles. The fourth-order valence-electron chi connectivity index (χ4n) is 2.92. The monoisotopic (exact) mass is 349 g/mol. The van der Waals surface area contributed by atoms with Crippen molar-refractivity contribution in [2.75, 3.05) is 7.11 Å². The van der Waals surface area contributed by atoms with Gasteiger partial charge in [-0.3, -0.25) is 4.79 Å². The lowest BCUT2D eigenvalue weighted by Gasteiger charge is -2.09. The molecule has 0 fully saturated rings. The van der Waals surface area contributed by atoms with Crippen molar-refractivity contribution in [2.45, 2.75) is 27.0 Å².